The topological polar surface area (TPSA) is 32.5 Å². The van der Waals surface area contributed by atoms with Crippen LogP contribution in [0.2, 0.25) is 0 Å². The number of hydrogen-bond donors (Lipinski definition) is 1. The zero-order valence-corrected chi connectivity index (χ0v) is 11.4. The third-order valence-electron chi connectivity index (χ3n) is 3.78. The van der Waals surface area contributed by atoms with Crippen LogP contribution in [-0.2, 0) is 0 Å². The van der Waals surface area contributed by atoms with Crippen molar-refractivity contribution < 1.29 is 0 Å². The van der Waals surface area contributed by atoms with Gasteiger partial charge in [-0.2, -0.15) is 0 Å². The minimum atomic E-state index is 0.250. The third-order valence-corrected chi connectivity index (χ3v) is 3.78. The summed E-state index contributed by atoms with van der Waals surface area (Å²) in [6, 6.07) is 8.63. The van der Waals surface area contributed by atoms with Gasteiger partial charge in [0.05, 0.1) is 11.4 Å². The van der Waals surface area contributed by atoms with Crippen molar-refractivity contribution in [3.8, 4) is 0 Å². The Kier molecular flexibility index (Phi) is 2.91. The van der Waals surface area contributed by atoms with Gasteiger partial charge in [-0.15, -0.1) is 0 Å². The number of nitrogens with zero attached hydrogens (tertiary/aromatic N) is 2. The number of hydrogen-bond acceptors (Lipinski definition) is 3. The van der Waals surface area contributed by atoms with Gasteiger partial charge < -0.3 is 15.5 Å². The van der Waals surface area contributed by atoms with Gasteiger partial charge in [-0.05, 0) is 24.6 Å². The lowest BCUT2D eigenvalue weighted by Gasteiger charge is -2.29. The molecule has 1 aromatic rings. The fourth-order valence-electron chi connectivity index (χ4n) is 2.79. The molecule has 0 aliphatic carbocycles. The van der Waals surface area contributed by atoms with E-state index in [9.17, 15) is 0 Å². The fraction of sp³-hybridized carbons (Fsp3) is 0.250. The Hall–Kier alpha value is -2.00. The van der Waals surface area contributed by atoms with E-state index in [2.05, 4.69) is 72.5 Å². The Morgan fingerprint density at radius 2 is 1.89 bits per heavy atom. The second-order valence-electron chi connectivity index (χ2n) is 5.02. The molecular weight excluding hydrogens is 234 g/mol. The minimum absolute atomic E-state index is 0.250. The maximum absolute atomic E-state index is 5.98. The van der Waals surface area contributed by atoms with E-state index in [1.54, 1.807) is 0 Å². The van der Waals surface area contributed by atoms with Crippen molar-refractivity contribution in [3.63, 3.8) is 0 Å². The van der Waals surface area contributed by atoms with Crippen molar-refractivity contribution in [2.24, 2.45) is 5.73 Å². The average molecular weight is 253 g/mol. The first-order valence-electron chi connectivity index (χ1n) is 6.59. The van der Waals surface area contributed by atoms with Crippen molar-refractivity contribution in [2.75, 3.05) is 13.6 Å². The monoisotopic (exact) mass is 253 g/mol. The first kappa shape index (κ1) is 12.1. The second-order valence-corrected chi connectivity index (χ2v) is 5.02. The van der Waals surface area contributed by atoms with Crippen LogP contribution in [0, 0.1) is 6.92 Å². The van der Waals surface area contributed by atoms with Gasteiger partial charge in [0, 0.05) is 19.8 Å². The lowest BCUT2D eigenvalue weighted by atomic mass is 10.1. The van der Waals surface area contributed by atoms with Crippen LogP contribution in [0.1, 0.15) is 11.1 Å². The summed E-state index contributed by atoms with van der Waals surface area (Å²) >= 11 is 0. The molecule has 2 N–H and O–H groups in total. The molecule has 0 radical (unpaired) electrons. The molecular formula is C16H19N3. The van der Waals surface area contributed by atoms with E-state index in [0.29, 0.717) is 6.54 Å². The van der Waals surface area contributed by atoms with Crippen molar-refractivity contribution >= 4 is 5.70 Å². The molecule has 98 valence electrons. The fourth-order valence-corrected chi connectivity index (χ4v) is 2.79. The number of aryl methyl sites for hydroxylation is 1. The van der Waals surface area contributed by atoms with Crippen LogP contribution in [0.25, 0.3) is 5.70 Å². The summed E-state index contributed by atoms with van der Waals surface area (Å²) in [5.41, 5.74) is 10.9. The highest BCUT2D eigenvalue weighted by atomic mass is 15.4. The molecule has 0 spiro atoms. The van der Waals surface area contributed by atoms with Gasteiger partial charge in [-0.3, -0.25) is 0 Å². The normalized spacial score (nSPS) is 21.3. The average Bonchev–Trinajstić information content (AvgIpc) is 2.73. The highest BCUT2D eigenvalue weighted by Gasteiger charge is 2.33. The molecule has 19 heavy (non-hydrogen) atoms. The van der Waals surface area contributed by atoms with Gasteiger partial charge in [0.2, 0.25) is 0 Å². The molecule has 0 saturated carbocycles. The van der Waals surface area contributed by atoms with E-state index < -0.39 is 0 Å². The Morgan fingerprint density at radius 1 is 1.16 bits per heavy atom. The molecule has 2 heterocycles. The number of fused-ring (bicyclic) bond motifs is 1. The van der Waals surface area contributed by atoms with Crippen LogP contribution in [0.5, 0.6) is 0 Å². The number of benzene rings is 1. The van der Waals surface area contributed by atoms with E-state index in [0.717, 1.165) is 0 Å². The first-order chi connectivity index (χ1) is 9.22. The molecule has 2 aliphatic rings. The van der Waals surface area contributed by atoms with Crippen molar-refractivity contribution in [1.29, 1.82) is 0 Å². The van der Waals surface area contributed by atoms with Gasteiger partial charge in [0.1, 0.15) is 6.17 Å². The highest BCUT2D eigenvalue weighted by molar-refractivity contribution is 5.70. The van der Waals surface area contributed by atoms with Gasteiger partial charge in [0.15, 0.2) is 0 Å². The predicted molar refractivity (Wildman–Crippen MR) is 78.8 cm³/mol. The molecule has 0 fully saturated rings. The van der Waals surface area contributed by atoms with Gasteiger partial charge in [-0.1, -0.05) is 35.9 Å². The zero-order chi connectivity index (χ0) is 13.4. The Morgan fingerprint density at radius 3 is 2.58 bits per heavy atom. The molecule has 1 atom stereocenters. The summed E-state index contributed by atoms with van der Waals surface area (Å²) in [5, 5.41) is 0. The van der Waals surface area contributed by atoms with Gasteiger partial charge >= 0.3 is 0 Å². The molecule has 3 heteroatoms. The lowest BCUT2D eigenvalue weighted by molar-refractivity contribution is 0.272. The summed E-state index contributed by atoms with van der Waals surface area (Å²) in [6.07, 6.45) is 8.68. The molecule has 1 aromatic carbocycles. The summed E-state index contributed by atoms with van der Waals surface area (Å²) in [4.78, 5) is 4.53. The Balaban J connectivity index is 2.08. The number of rotatable bonds is 2. The molecule has 0 saturated heterocycles. The van der Waals surface area contributed by atoms with Crippen LogP contribution >= 0.6 is 0 Å². The summed E-state index contributed by atoms with van der Waals surface area (Å²) in [7, 11) is 2.12. The van der Waals surface area contributed by atoms with E-state index >= 15 is 0 Å². The largest absolute Gasteiger partial charge is 0.349 e. The minimum Gasteiger partial charge on any atom is -0.349 e. The van der Waals surface area contributed by atoms with E-state index in [1.165, 1.54) is 22.5 Å². The van der Waals surface area contributed by atoms with E-state index in [-0.39, 0.29) is 6.17 Å². The molecule has 0 bridgehead atoms. The molecule has 3 rings (SSSR count). The number of nitrogens with two attached hydrogens (primary N) is 1. The highest BCUT2D eigenvalue weighted by Crippen LogP contribution is 2.36. The Labute approximate surface area is 114 Å². The standard InChI is InChI=1S/C16H19N3/c1-12-6-8-13(9-7-12)16-14(11-17)19-10-4-3-5-15(19)18(16)2/h3-10,15H,11,17H2,1-2H3. The predicted octanol–water partition coefficient (Wildman–Crippen LogP) is 2.28. The molecule has 3 nitrogen and oxygen atoms in total. The number of allylic oxidation sites excluding steroid dienone is 2. The van der Waals surface area contributed by atoms with E-state index in [4.69, 9.17) is 5.73 Å². The second kappa shape index (κ2) is 4.59. The van der Waals surface area contributed by atoms with Crippen molar-refractivity contribution in [1.82, 2.24) is 9.80 Å². The van der Waals surface area contributed by atoms with Crippen molar-refractivity contribution in [2.45, 2.75) is 13.1 Å². The summed E-state index contributed by atoms with van der Waals surface area (Å²) in [6.45, 7) is 2.65. The molecule has 0 amide bonds. The quantitative estimate of drug-likeness (QED) is 0.877. The van der Waals surface area contributed by atoms with E-state index in [1.807, 2.05) is 0 Å². The lowest BCUT2D eigenvalue weighted by Crippen LogP contribution is -2.35. The maximum Gasteiger partial charge on any atom is 0.125 e. The van der Waals surface area contributed by atoms with Crippen molar-refractivity contribution in [3.05, 3.63) is 65.5 Å². The molecule has 1 unspecified atom stereocenters. The smallest absolute Gasteiger partial charge is 0.125 e. The number of likely N-dealkylation sites (N-methyl/N-ethyl adjacent to an activating group) is 1. The SMILES string of the molecule is Cc1ccc(C2=C(CN)N3C=CC=CC3N2C)cc1. The van der Waals surface area contributed by atoms with Crippen LogP contribution in [0.3, 0.4) is 0 Å². The van der Waals surface area contributed by atoms with Gasteiger partial charge in [-0.25, -0.2) is 0 Å². The van der Waals surface area contributed by atoms with Gasteiger partial charge in [0.25, 0.3) is 0 Å². The maximum atomic E-state index is 5.98. The van der Waals surface area contributed by atoms with Crippen LogP contribution in [0.15, 0.2) is 54.4 Å². The Bertz CT molecular complexity index is 566. The summed E-state index contributed by atoms with van der Waals surface area (Å²) in [5.74, 6) is 0. The van der Waals surface area contributed by atoms with Crippen LogP contribution in [-0.4, -0.2) is 29.6 Å². The third kappa shape index (κ3) is 1.87. The zero-order valence-electron chi connectivity index (χ0n) is 11.4. The molecule has 0 aromatic heterocycles. The molecule has 2 aliphatic heterocycles. The summed E-state index contributed by atoms with van der Waals surface area (Å²) < 4.78 is 0. The first-order valence-corrected chi connectivity index (χ1v) is 6.59. The van der Waals surface area contributed by atoms with Crippen LogP contribution in [0.4, 0.5) is 0 Å². The van der Waals surface area contributed by atoms with Crippen LogP contribution < -0.4 is 5.73 Å².